The number of aromatic nitrogens is 2. The van der Waals surface area contributed by atoms with Gasteiger partial charge in [-0.25, -0.2) is 9.97 Å². The predicted molar refractivity (Wildman–Crippen MR) is 99.8 cm³/mol. The van der Waals surface area contributed by atoms with Crippen molar-refractivity contribution in [2.45, 2.75) is 12.0 Å². The molecular formula is C19H12Cl2N2O4. The highest BCUT2D eigenvalue weighted by molar-refractivity contribution is 6.42. The molecule has 0 spiro atoms. The molecule has 0 bridgehead atoms. The van der Waals surface area contributed by atoms with Crippen molar-refractivity contribution in [1.82, 2.24) is 9.97 Å². The van der Waals surface area contributed by atoms with E-state index in [-0.39, 0.29) is 6.61 Å². The third kappa shape index (κ3) is 3.01. The number of nitrogens with zero attached hydrogens (tertiary/aromatic N) is 2. The first-order valence-corrected chi connectivity index (χ1v) is 8.80. The van der Waals surface area contributed by atoms with Crippen molar-refractivity contribution in [3.63, 3.8) is 0 Å². The second kappa shape index (κ2) is 7.13. The summed E-state index contributed by atoms with van der Waals surface area (Å²) in [6, 6.07) is 10.9. The van der Waals surface area contributed by atoms with Gasteiger partial charge in [-0.15, -0.1) is 0 Å². The maximum Gasteiger partial charge on any atom is 0.293 e. The summed E-state index contributed by atoms with van der Waals surface area (Å²) >= 11 is 12.2. The summed E-state index contributed by atoms with van der Waals surface area (Å²) in [6.07, 6.45) is -0.732. The molecule has 6 nitrogen and oxygen atoms in total. The first-order chi connectivity index (χ1) is 13.1. The Kier molecular flexibility index (Phi) is 4.68. The Labute approximate surface area is 164 Å². The van der Waals surface area contributed by atoms with Gasteiger partial charge in [-0.05, 0) is 17.7 Å². The number of fused-ring (bicyclic) bond motifs is 4. The van der Waals surface area contributed by atoms with E-state index in [1.165, 1.54) is 0 Å². The zero-order chi connectivity index (χ0) is 19.0. The predicted octanol–water partition coefficient (Wildman–Crippen LogP) is 3.76. The number of halogens is 2. The van der Waals surface area contributed by atoms with Crippen LogP contribution in [0, 0.1) is 0 Å². The van der Waals surface area contributed by atoms with E-state index < -0.39 is 12.0 Å². The van der Waals surface area contributed by atoms with Crippen LogP contribution in [-0.4, -0.2) is 35.6 Å². The maximum absolute atomic E-state index is 11.0. The molecule has 1 aromatic heterocycles. The molecule has 0 amide bonds. The summed E-state index contributed by atoms with van der Waals surface area (Å²) in [5, 5.41) is 0.762. The average molecular weight is 403 g/mol. The lowest BCUT2D eigenvalue weighted by Gasteiger charge is -2.22. The molecule has 1 heterocycles. The van der Waals surface area contributed by atoms with Crippen LogP contribution in [0.5, 0.6) is 0 Å². The van der Waals surface area contributed by atoms with E-state index in [1.807, 2.05) is 24.3 Å². The number of ether oxygens (including phenoxy) is 2. The quantitative estimate of drug-likeness (QED) is 0.584. The van der Waals surface area contributed by atoms with E-state index in [1.54, 1.807) is 12.1 Å². The van der Waals surface area contributed by atoms with Gasteiger partial charge < -0.3 is 9.47 Å². The zero-order valence-electron chi connectivity index (χ0n) is 13.8. The van der Waals surface area contributed by atoms with Crippen molar-refractivity contribution < 1.29 is 19.1 Å². The number of carbonyl (C=O) groups is 2. The molecule has 1 aliphatic rings. The summed E-state index contributed by atoms with van der Waals surface area (Å²) in [5.74, 6) is -0.423. The minimum atomic E-state index is -0.732. The minimum absolute atomic E-state index is 0.0955. The Hall–Kier alpha value is -2.70. The molecular weight excluding hydrogens is 391 g/mol. The van der Waals surface area contributed by atoms with Crippen LogP contribution in [0.1, 0.15) is 17.2 Å². The van der Waals surface area contributed by atoms with Crippen molar-refractivity contribution in [1.29, 1.82) is 0 Å². The lowest BCUT2D eigenvalue weighted by Crippen LogP contribution is -2.27. The van der Waals surface area contributed by atoms with E-state index in [0.29, 0.717) is 45.4 Å². The lowest BCUT2D eigenvalue weighted by molar-refractivity contribution is -0.143. The van der Waals surface area contributed by atoms with Crippen LogP contribution < -0.4 is 0 Å². The molecule has 0 radical (unpaired) electrons. The van der Waals surface area contributed by atoms with Crippen molar-refractivity contribution in [2.75, 3.05) is 6.61 Å². The Morgan fingerprint density at radius 1 is 1.04 bits per heavy atom. The normalized spacial score (nSPS) is 15.7. The average Bonchev–Trinajstić information content (AvgIpc) is 2.98. The second-order valence-electron chi connectivity index (χ2n) is 5.98. The fraction of sp³-hybridized carbons (Fsp3) is 0.158. The number of benzene rings is 2. The Morgan fingerprint density at radius 2 is 1.74 bits per heavy atom. The largest absolute Gasteiger partial charge is 0.464 e. The SMILES string of the molecule is O=COCC(OC=O)C1c2ccccc2-c2nc3cc(Cl)c(Cl)cc3nc21. The summed E-state index contributed by atoms with van der Waals surface area (Å²) in [4.78, 5) is 31.1. The smallest absolute Gasteiger partial charge is 0.293 e. The first kappa shape index (κ1) is 17.7. The second-order valence-corrected chi connectivity index (χ2v) is 6.79. The zero-order valence-corrected chi connectivity index (χ0v) is 15.3. The number of hydrogen-bond donors (Lipinski definition) is 0. The van der Waals surface area contributed by atoms with Crippen LogP contribution in [0.4, 0.5) is 0 Å². The molecule has 2 aromatic carbocycles. The topological polar surface area (TPSA) is 78.4 Å². The third-order valence-corrected chi connectivity index (χ3v) is 5.23. The van der Waals surface area contributed by atoms with E-state index >= 15 is 0 Å². The fourth-order valence-corrected chi connectivity index (χ4v) is 3.72. The molecule has 0 saturated heterocycles. The van der Waals surface area contributed by atoms with Gasteiger partial charge in [-0.2, -0.15) is 0 Å². The monoisotopic (exact) mass is 402 g/mol. The molecule has 1 aliphatic carbocycles. The van der Waals surface area contributed by atoms with E-state index in [2.05, 4.69) is 0 Å². The molecule has 8 heteroatoms. The molecule has 0 fully saturated rings. The summed E-state index contributed by atoms with van der Waals surface area (Å²) in [5.41, 5.74) is 4.25. The summed E-state index contributed by atoms with van der Waals surface area (Å²) < 4.78 is 10.1. The third-order valence-electron chi connectivity index (χ3n) is 4.51. The van der Waals surface area contributed by atoms with Crippen LogP contribution in [0.25, 0.3) is 22.3 Å². The Bertz CT molecular complexity index is 1060. The number of hydrogen-bond acceptors (Lipinski definition) is 6. The number of carbonyl (C=O) groups excluding carboxylic acids is 2. The van der Waals surface area contributed by atoms with E-state index in [4.69, 9.17) is 42.6 Å². The van der Waals surface area contributed by atoms with Gasteiger partial charge in [0.1, 0.15) is 12.7 Å². The van der Waals surface area contributed by atoms with Crippen LogP contribution in [-0.2, 0) is 19.1 Å². The molecule has 0 saturated carbocycles. The summed E-state index contributed by atoms with van der Waals surface area (Å²) in [6.45, 7) is 0.559. The van der Waals surface area contributed by atoms with Gasteiger partial charge in [-0.1, -0.05) is 47.5 Å². The Balaban J connectivity index is 1.93. The van der Waals surface area contributed by atoms with Crippen LogP contribution in [0.2, 0.25) is 10.0 Å². The summed E-state index contributed by atoms with van der Waals surface area (Å²) in [7, 11) is 0. The van der Waals surface area contributed by atoms with Gasteiger partial charge >= 0.3 is 0 Å². The first-order valence-electron chi connectivity index (χ1n) is 8.04. The molecule has 0 aliphatic heterocycles. The molecule has 4 rings (SSSR count). The highest BCUT2D eigenvalue weighted by Crippen LogP contribution is 2.46. The molecule has 27 heavy (non-hydrogen) atoms. The van der Waals surface area contributed by atoms with Crippen molar-refractivity contribution in [3.05, 3.63) is 57.7 Å². The van der Waals surface area contributed by atoms with Gasteiger partial charge in [0, 0.05) is 5.56 Å². The van der Waals surface area contributed by atoms with Gasteiger partial charge in [0.15, 0.2) is 0 Å². The minimum Gasteiger partial charge on any atom is -0.464 e. The molecule has 2 atom stereocenters. The van der Waals surface area contributed by atoms with Crippen LogP contribution in [0.3, 0.4) is 0 Å². The molecule has 2 unspecified atom stereocenters. The Morgan fingerprint density at radius 3 is 2.44 bits per heavy atom. The molecule has 136 valence electrons. The highest BCUT2D eigenvalue weighted by Gasteiger charge is 2.38. The highest BCUT2D eigenvalue weighted by atomic mass is 35.5. The van der Waals surface area contributed by atoms with Gasteiger partial charge in [-0.3, -0.25) is 9.59 Å². The van der Waals surface area contributed by atoms with Gasteiger partial charge in [0.25, 0.3) is 12.9 Å². The maximum atomic E-state index is 11.0. The van der Waals surface area contributed by atoms with Gasteiger partial charge in [0.2, 0.25) is 0 Å². The van der Waals surface area contributed by atoms with Gasteiger partial charge in [0.05, 0.1) is 38.4 Å². The molecule has 3 aromatic rings. The van der Waals surface area contributed by atoms with E-state index in [0.717, 1.165) is 11.1 Å². The van der Waals surface area contributed by atoms with Crippen LogP contribution >= 0.6 is 23.2 Å². The van der Waals surface area contributed by atoms with Crippen molar-refractivity contribution in [3.8, 4) is 11.3 Å². The van der Waals surface area contributed by atoms with E-state index in [9.17, 15) is 9.59 Å². The lowest BCUT2D eigenvalue weighted by atomic mass is 9.94. The van der Waals surface area contributed by atoms with Crippen LogP contribution in [0.15, 0.2) is 36.4 Å². The van der Waals surface area contributed by atoms with Crippen molar-refractivity contribution >= 4 is 47.2 Å². The number of rotatable bonds is 6. The molecule has 0 N–H and O–H groups in total. The fourth-order valence-electron chi connectivity index (χ4n) is 3.41. The van der Waals surface area contributed by atoms with Crippen molar-refractivity contribution in [2.24, 2.45) is 0 Å². The standard InChI is InChI=1S/C19H12Cl2N2O4/c20-12-5-14-15(6-13(12)21)23-19-17(16(27-9-25)7-26-8-24)10-3-1-2-4-11(10)18(19)22-14/h1-6,8-9,16-17H,7H2.